The van der Waals surface area contributed by atoms with Gasteiger partial charge in [-0.2, -0.15) is 0 Å². The summed E-state index contributed by atoms with van der Waals surface area (Å²) < 4.78 is 0. The van der Waals surface area contributed by atoms with Crippen LogP contribution in [0.25, 0.3) is 77.3 Å². The summed E-state index contributed by atoms with van der Waals surface area (Å²) in [5, 5.41) is 10.1. The highest BCUT2D eigenvalue weighted by Gasteiger charge is 2.21. The summed E-state index contributed by atoms with van der Waals surface area (Å²) in [4.78, 5) is 15.7. The molecule has 3 nitrogen and oxygen atoms in total. The topological polar surface area (TPSA) is 38.7 Å². The third-order valence-corrected chi connectivity index (χ3v) is 9.20. The van der Waals surface area contributed by atoms with Crippen LogP contribution in [0.5, 0.6) is 0 Å². The fraction of sp³-hybridized carbons (Fsp3) is 0.146. The summed E-state index contributed by atoms with van der Waals surface area (Å²) in [6, 6.07) is 33.2. The minimum atomic E-state index is 0.699. The molecular weight excluding hydrogens is 534 g/mol. The summed E-state index contributed by atoms with van der Waals surface area (Å²) >= 11 is 0. The van der Waals surface area contributed by atoms with E-state index in [0.29, 0.717) is 5.82 Å². The summed E-state index contributed by atoms with van der Waals surface area (Å²) in [5.41, 5.74) is 10.3. The molecule has 8 rings (SSSR count). The average Bonchev–Trinajstić information content (AvgIpc) is 2.98. The zero-order valence-electron chi connectivity index (χ0n) is 26.0. The molecule has 0 amide bonds. The molecule has 0 spiro atoms. The molecule has 0 unspecified atom stereocenters. The van der Waals surface area contributed by atoms with E-state index in [0.717, 1.165) is 33.7 Å². The molecule has 1 heterocycles. The van der Waals surface area contributed by atoms with Crippen LogP contribution in [-0.4, -0.2) is 15.0 Å². The van der Waals surface area contributed by atoms with Crippen molar-refractivity contribution in [1.29, 1.82) is 0 Å². The quantitative estimate of drug-likeness (QED) is 0.157. The minimum absolute atomic E-state index is 0.699. The fourth-order valence-electron chi connectivity index (χ4n) is 7.63. The average molecular weight is 568 g/mol. The Labute approximate surface area is 257 Å². The molecular formula is C41H33N3. The normalized spacial score (nSPS) is 11.9. The van der Waals surface area contributed by atoms with Crippen molar-refractivity contribution in [3.8, 4) is 34.2 Å². The standard InChI is InChI=1S/C41H33N3/c1-22-18-24(3)35(25(4)19-22)40-42-39(43-41(44-40)36-26(5)20-23(2)21-27(36)6)34-17-16-33-30-13-8-11-28-10-7-12-29(37(28)30)31-14-9-15-32(34)38(31)33/h7-21H,1-6H3. The van der Waals surface area contributed by atoms with Crippen LogP contribution >= 0.6 is 0 Å². The highest BCUT2D eigenvalue weighted by molar-refractivity contribution is 6.34. The number of fused-ring (bicyclic) bond motifs is 2. The van der Waals surface area contributed by atoms with Gasteiger partial charge in [0, 0.05) is 16.7 Å². The maximum atomic E-state index is 5.24. The summed E-state index contributed by atoms with van der Waals surface area (Å²) in [5.74, 6) is 2.13. The Balaban J connectivity index is 1.48. The Bertz CT molecular complexity index is 2280. The third kappa shape index (κ3) is 3.92. The number of nitrogens with zero attached hydrogens (tertiary/aromatic N) is 3. The molecule has 0 saturated heterocycles. The van der Waals surface area contributed by atoms with E-state index in [1.54, 1.807) is 0 Å². The van der Waals surface area contributed by atoms with Crippen molar-refractivity contribution in [2.75, 3.05) is 0 Å². The van der Waals surface area contributed by atoms with Crippen LogP contribution in [0.2, 0.25) is 0 Å². The molecule has 0 atom stereocenters. The van der Waals surface area contributed by atoms with Crippen LogP contribution in [0.4, 0.5) is 0 Å². The van der Waals surface area contributed by atoms with E-state index in [2.05, 4.69) is 133 Å². The molecule has 3 heteroatoms. The molecule has 7 aromatic carbocycles. The highest BCUT2D eigenvalue weighted by Crippen LogP contribution is 2.43. The van der Waals surface area contributed by atoms with Gasteiger partial charge >= 0.3 is 0 Å². The number of aromatic nitrogens is 3. The van der Waals surface area contributed by atoms with Crippen molar-refractivity contribution < 1.29 is 0 Å². The predicted octanol–water partition coefficient (Wildman–Crippen LogP) is 10.8. The lowest BCUT2D eigenvalue weighted by Gasteiger charge is -2.18. The zero-order valence-corrected chi connectivity index (χ0v) is 26.0. The van der Waals surface area contributed by atoms with Crippen molar-refractivity contribution in [3.05, 3.63) is 124 Å². The molecule has 0 saturated carbocycles. The Hall–Kier alpha value is -5.15. The first-order valence-corrected chi connectivity index (χ1v) is 15.3. The molecule has 8 aromatic rings. The van der Waals surface area contributed by atoms with Crippen LogP contribution in [0, 0.1) is 41.5 Å². The number of benzene rings is 7. The minimum Gasteiger partial charge on any atom is -0.208 e. The van der Waals surface area contributed by atoms with Gasteiger partial charge in [-0.05, 0) is 113 Å². The van der Waals surface area contributed by atoms with Gasteiger partial charge < -0.3 is 0 Å². The van der Waals surface area contributed by atoms with Crippen LogP contribution < -0.4 is 0 Å². The number of hydrogen-bond acceptors (Lipinski definition) is 3. The second-order valence-electron chi connectivity index (χ2n) is 12.5. The molecule has 0 aliphatic rings. The van der Waals surface area contributed by atoms with Crippen LogP contribution in [0.15, 0.2) is 91.0 Å². The van der Waals surface area contributed by atoms with Gasteiger partial charge in [-0.25, -0.2) is 15.0 Å². The molecule has 0 bridgehead atoms. The van der Waals surface area contributed by atoms with Crippen molar-refractivity contribution in [3.63, 3.8) is 0 Å². The number of rotatable bonds is 3. The van der Waals surface area contributed by atoms with Crippen molar-refractivity contribution in [2.45, 2.75) is 41.5 Å². The Kier molecular flexibility index (Phi) is 5.83. The lowest BCUT2D eigenvalue weighted by molar-refractivity contribution is 1.06. The molecule has 212 valence electrons. The van der Waals surface area contributed by atoms with E-state index in [1.807, 2.05) is 0 Å². The van der Waals surface area contributed by atoms with Crippen LogP contribution in [0.1, 0.15) is 33.4 Å². The van der Waals surface area contributed by atoms with Gasteiger partial charge in [0.15, 0.2) is 17.5 Å². The Morgan fingerprint density at radius 3 is 1.32 bits per heavy atom. The monoisotopic (exact) mass is 567 g/mol. The van der Waals surface area contributed by atoms with Crippen LogP contribution in [-0.2, 0) is 0 Å². The second-order valence-corrected chi connectivity index (χ2v) is 12.5. The lowest BCUT2D eigenvalue weighted by atomic mass is 9.88. The van der Waals surface area contributed by atoms with Crippen molar-refractivity contribution in [2.24, 2.45) is 0 Å². The third-order valence-electron chi connectivity index (χ3n) is 9.20. The predicted molar refractivity (Wildman–Crippen MR) is 186 cm³/mol. The fourth-order valence-corrected chi connectivity index (χ4v) is 7.63. The zero-order chi connectivity index (χ0) is 30.3. The van der Waals surface area contributed by atoms with E-state index in [-0.39, 0.29) is 0 Å². The highest BCUT2D eigenvalue weighted by atomic mass is 15.0. The summed E-state index contributed by atoms with van der Waals surface area (Å²) in [6.45, 7) is 12.9. The largest absolute Gasteiger partial charge is 0.208 e. The van der Waals surface area contributed by atoms with Gasteiger partial charge in [0.25, 0.3) is 0 Å². The summed E-state index contributed by atoms with van der Waals surface area (Å²) in [7, 11) is 0. The first kappa shape index (κ1) is 26.5. The smallest absolute Gasteiger partial charge is 0.164 e. The molecule has 44 heavy (non-hydrogen) atoms. The Morgan fingerprint density at radius 2 is 0.795 bits per heavy atom. The number of hydrogen-bond donors (Lipinski definition) is 0. The number of aryl methyl sites for hydroxylation is 6. The first-order valence-electron chi connectivity index (χ1n) is 15.3. The maximum absolute atomic E-state index is 5.24. The van der Waals surface area contributed by atoms with Crippen LogP contribution in [0.3, 0.4) is 0 Å². The van der Waals surface area contributed by atoms with Gasteiger partial charge in [0.05, 0.1) is 0 Å². The van der Waals surface area contributed by atoms with Crippen molar-refractivity contribution in [1.82, 2.24) is 15.0 Å². The second kappa shape index (κ2) is 9.68. The van der Waals surface area contributed by atoms with Gasteiger partial charge in [-0.3, -0.25) is 0 Å². The molecule has 0 aliphatic carbocycles. The molecule has 1 aromatic heterocycles. The summed E-state index contributed by atoms with van der Waals surface area (Å²) in [6.07, 6.45) is 0. The SMILES string of the molecule is Cc1cc(C)c(-c2nc(-c3c(C)cc(C)cc3C)nc(-c3ccc4c5cccc6cccc(c7cccc3c74)c65)n2)c(C)c1. The van der Waals surface area contributed by atoms with E-state index in [1.165, 1.54) is 71.1 Å². The van der Waals surface area contributed by atoms with Gasteiger partial charge in [-0.15, -0.1) is 0 Å². The van der Waals surface area contributed by atoms with Gasteiger partial charge in [0.2, 0.25) is 0 Å². The van der Waals surface area contributed by atoms with Gasteiger partial charge in [-0.1, -0.05) is 96.1 Å². The lowest BCUT2D eigenvalue weighted by Crippen LogP contribution is -2.04. The van der Waals surface area contributed by atoms with Crippen molar-refractivity contribution >= 4 is 43.1 Å². The van der Waals surface area contributed by atoms with E-state index in [4.69, 9.17) is 15.0 Å². The molecule has 0 N–H and O–H groups in total. The molecule has 0 aliphatic heterocycles. The first-order chi connectivity index (χ1) is 21.3. The van der Waals surface area contributed by atoms with E-state index < -0.39 is 0 Å². The Morgan fingerprint density at radius 1 is 0.386 bits per heavy atom. The van der Waals surface area contributed by atoms with E-state index in [9.17, 15) is 0 Å². The molecule has 0 fully saturated rings. The van der Waals surface area contributed by atoms with E-state index >= 15 is 0 Å². The maximum Gasteiger partial charge on any atom is 0.164 e. The van der Waals surface area contributed by atoms with Gasteiger partial charge in [0.1, 0.15) is 0 Å². The molecule has 0 radical (unpaired) electrons.